The van der Waals surface area contributed by atoms with Gasteiger partial charge in [-0.05, 0) is 13.8 Å². The van der Waals surface area contributed by atoms with Gasteiger partial charge in [0.15, 0.2) is 12.2 Å². The van der Waals surface area contributed by atoms with Crippen molar-refractivity contribution in [3.05, 3.63) is 0 Å². The summed E-state index contributed by atoms with van der Waals surface area (Å²) in [6.45, 7) is 2.29. The number of rotatable bonds is 7. The van der Waals surface area contributed by atoms with Gasteiger partial charge in [0.2, 0.25) is 0 Å². The van der Waals surface area contributed by atoms with Crippen molar-refractivity contribution in [2.24, 2.45) is 0 Å². The summed E-state index contributed by atoms with van der Waals surface area (Å²) in [5.74, 6) is 0. The van der Waals surface area contributed by atoms with E-state index in [9.17, 15) is 19.2 Å². The number of hydrogen-bond donors (Lipinski definition) is 1. The monoisotopic (exact) mass is 452 g/mol. The van der Waals surface area contributed by atoms with Crippen molar-refractivity contribution in [2.75, 3.05) is 33.5 Å². The van der Waals surface area contributed by atoms with Gasteiger partial charge in [0, 0.05) is 7.11 Å². The van der Waals surface area contributed by atoms with Crippen LogP contribution in [0, 0.1) is 0 Å². The largest absolute Gasteiger partial charge is 0.519 e. The van der Waals surface area contributed by atoms with Crippen molar-refractivity contribution in [3.8, 4) is 0 Å². The molecule has 6 unspecified atom stereocenters. The number of hydrogen-bond acceptors (Lipinski definition) is 14. The lowest BCUT2D eigenvalue weighted by atomic mass is 10.1. The molecule has 14 nitrogen and oxygen atoms in total. The van der Waals surface area contributed by atoms with Crippen molar-refractivity contribution in [2.45, 2.75) is 50.5 Å². The second kappa shape index (κ2) is 11.6. The molecule has 2 aliphatic heterocycles. The summed E-state index contributed by atoms with van der Waals surface area (Å²) in [6.07, 6.45) is -10.1. The van der Waals surface area contributed by atoms with E-state index in [4.69, 9.17) is 28.8 Å². The summed E-state index contributed by atoms with van der Waals surface area (Å²) < 4.78 is 43.4. The Hall–Kier alpha value is -2.68. The smallest absolute Gasteiger partial charge is 0.431 e. The quantitative estimate of drug-likeness (QED) is 0.322. The van der Waals surface area contributed by atoms with Gasteiger partial charge in [-0.15, -0.1) is 0 Å². The normalized spacial score (nSPS) is 26.2. The molecule has 6 atom stereocenters. The van der Waals surface area contributed by atoms with Crippen molar-refractivity contribution in [1.29, 1.82) is 0 Å². The minimum atomic E-state index is -1.36. The highest BCUT2D eigenvalue weighted by Crippen LogP contribution is 2.31. The van der Waals surface area contributed by atoms with Crippen LogP contribution in [0.5, 0.6) is 0 Å². The first-order chi connectivity index (χ1) is 14.7. The molecule has 0 aromatic heterocycles. The molecule has 0 bridgehead atoms. The third-order valence-corrected chi connectivity index (χ3v) is 4.07. The van der Waals surface area contributed by atoms with E-state index >= 15 is 0 Å². The third kappa shape index (κ3) is 7.82. The molecule has 2 rings (SSSR count). The Bertz CT molecular complexity index is 649. The topological polar surface area (TPSA) is 172 Å². The summed E-state index contributed by atoms with van der Waals surface area (Å²) in [5.41, 5.74) is 0. The summed E-state index contributed by atoms with van der Waals surface area (Å²) >= 11 is 0. The maximum atomic E-state index is 11.7. The molecule has 0 aromatic carbocycles. The summed E-state index contributed by atoms with van der Waals surface area (Å²) in [5, 5.41) is 9.00. The number of aliphatic hydroxyl groups excluding tert-OH is 1. The summed E-state index contributed by atoms with van der Waals surface area (Å²) in [7, 11) is 1.42. The van der Waals surface area contributed by atoms with Crippen molar-refractivity contribution >= 4 is 24.6 Å². The molecular weight excluding hydrogens is 428 g/mol. The number of carbonyl (C=O) groups is 4. The Labute approximate surface area is 176 Å². The average Bonchev–Trinajstić information content (AvgIpc) is 3.27. The lowest BCUT2D eigenvalue weighted by Gasteiger charge is -2.16. The Morgan fingerprint density at radius 3 is 1.71 bits per heavy atom. The van der Waals surface area contributed by atoms with Gasteiger partial charge >= 0.3 is 24.6 Å². The molecule has 0 aliphatic carbocycles. The van der Waals surface area contributed by atoms with E-state index in [0.29, 0.717) is 0 Å². The standard InChI is InChI=1S/C17H24O14/c1-8(18)4-26-14(19)30-16(21)28-10-6-24-13-11(7-25-12(10)13)29-17(22)31-15(20)27-5-9(2)23-3/h8-13,18H,4-7H2,1-3H3. The maximum absolute atomic E-state index is 11.7. The Morgan fingerprint density at radius 1 is 0.839 bits per heavy atom. The highest BCUT2D eigenvalue weighted by atomic mass is 16.8. The minimum Gasteiger partial charge on any atom is -0.431 e. The van der Waals surface area contributed by atoms with Crippen LogP contribution in [0.2, 0.25) is 0 Å². The number of ether oxygens (including phenoxy) is 9. The van der Waals surface area contributed by atoms with Crippen LogP contribution < -0.4 is 0 Å². The SMILES string of the molecule is COC(C)COC(=O)OC(=O)OC1COC2C(OC(=O)OC(=O)OCC(C)O)COC12. The molecule has 176 valence electrons. The molecule has 2 aliphatic rings. The second-order valence-corrected chi connectivity index (χ2v) is 6.63. The minimum absolute atomic E-state index is 0.120. The fourth-order valence-corrected chi connectivity index (χ4v) is 2.56. The van der Waals surface area contributed by atoms with Crippen molar-refractivity contribution in [3.63, 3.8) is 0 Å². The van der Waals surface area contributed by atoms with E-state index < -0.39 is 55.1 Å². The van der Waals surface area contributed by atoms with Crippen LogP contribution in [0.15, 0.2) is 0 Å². The first-order valence-corrected chi connectivity index (χ1v) is 9.24. The highest BCUT2D eigenvalue weighted by molar-refractivity contribution is 5.77. The van der Waals surface area contributed by atoms with Gasteiger partial charge in [-0.25, -0.2) is 19.2 Å². The number of fused-ring (bicyclic) bond motifs is 1. The first-order valence-electron chi connectivity index (χ1n) is 9.24. The second-order valence-electron chi connectivity index (χ2n) is 6.63. The summed E-state index contributed by atoms with van der Waals surface area (Å²) in [4.78, 5) is 46.1. The molecule has 2 fully saturated rings. The van der Waals surface area contributed by atoms with Crippen LogP contribution in [0.4, 0.5) is 19.2 Å². The number of methoxy groups -OCH3 is 1. The van der Waals surface area contributed by atoms with Crippen LogP contribution in [0.25, 0.3) is 0 Å². The third-order valence-electron chi connectivity index (χ3n) is 4.07. The van der Waals surface area contributed by atoms with Crippen LogP contribution in [0.3, 0.4) is 0 Å². The van der Waals surface area contributed by atoms with Gasteiger partial charge in [-0.3, -0.25) is 0 Å². The predicted octanol–water partition coefficient (Wildman–Crippen LogP) is 0.516. The van der Waals surface area contributed by atoms with E-state index in [1.165, 1.54) is 14.0 Å². The van der Waals surface area contributed by atoms with Crippen LogP contribution >= 0.6 is 0 Å². The Morgan fingerprint density at radius 2 is 1.29 bits per heavy atom. The van der Waals surface area contributed by atoms with Gasteiger partial charge in [-0.1, -0.05) is 0 Å². The molecule has 31 heavy (non-hydrogen) atoms. The zero-order valence-corrected chi connectivity index (χ0v) is 17.0. The molecule has 2 saturated heterocycles. The lowest BCUT2D eigenvalue weighted by Crippen LogP contribution is -2.36. The van der Waals surface area contributed by atoms with Gasteiger partial charge in [-0.2, -0.15) is 0 Å². The van der Waals surface area contributed by atoms with Gasteiger partial charge in [0.1, 0.15) is 25.4 Å². The molecule has 0 saturated carbocycles. The lowest BCUT2D eigenvalue weighted by molar-refractivity contribution is -0.0426. The van der Waals surface area contributed by atoms with E-state index in [0.717, 1.165) is 0 Å². The summed E-state index contributed by atoms with van der Waals surface area (Å²) in [6, 6.07) is 0. The molecule has 2 heterocycles. The van der Waals surface area contributed by atoms with Gasteiger partial charge < -0.3 is 47.7 Å². The zero-order chi connectivity index (χ0) is 23.0. The molecule has 0 amide bonds. The zero-order valence-electron chi connectivity index (χ0n) is 17.0. The predicted molar refractivity (Wildman–Crippen MR) is 93.0 cm³/mol. The fraction of sp³-hybridized carbons (Fsp3) is 0.765. The molecular formula is C17H24O14. The van der Waals surface area contributed by atoms with Gasteiger partial charge in [0.25, 0.3) is 0 Å². The van der Waals surface area contributed by atoms with E-state index in [2.05, 4.69) is 18.9 Å². The van der Waals surface area contributed by atoms with Gasteiger partial charge in [0.05, 0.1) is 25.4 Å². The molecule has 1 N–H and O–H groups in total. The van der Waals surface area contributed by atoms with Crippen LogP contribution in [0.1, 0.15) is 13.8 Å². The number of aliphatic hydroxyl groups is 1. The molecule has 0 aromatic rings. The Balaban J connectivity index is 1.73. The Kier molecular flexibility index (Phi) is 9.23. The van der Waals surface area contributed by atoms with E-state index in [1.807, 2.05) is 0 Å². The first kappa shape index (κ1) is 24.6. The van der Waals surface area contributed by atoms with Crippen LogP contribution in [-0.2, 0) is 42.6 Å². The highest BCUT2D eigenvalue weighted by Gasteiger charge is 2.51. The molecule has 14 heteroatoms. The van der Waals surface area contributed by atoms with Crippen LogP contribution in [-0.4, -0.2) is 99.9 Å². The average molecular weight is 452 g/mol. The fourth-order valence-electron chi connectivity index (χ4n) is 2.56. The molecule has 0 radical (unpaired) electrons. The van der Waals surface area contributed by atoms with E-state index in [-0.39, 0.29) is 32.5 Å². The number of carbonyl (C=O) groups excluding carboxylic acids is 4. The molecule has 0 spiro atoms. The van der Waals surface area contributed by atoms with E-state index in [1.54, 1.807) is 6.92 Å². The maximum Gasteiger partial charge on any atom is 0.519 e. The van der Waals surface area contributed by atoms with Crippen molar-refractivity contribution < 1.29 is 66.9 Å². The van der Waals surface area contributed by atoms with Crippen molar-refractivity contribution in [1.82, 2.24) is 0 Å².